The molecule has 0 saturated carbocycles. The molecule has 0 aliphatic heterocycles. The van der Waals surface area contributed by atoms with E-state index in [0.717, 1.165) is 17.9 Å². The van der Waals surface area contributed by atoms with Crippen LogP contribution in [0.25, 0.3) is 0 Å². The van der Waals surface area contributed by atoms with Crippen LogP contribution in [0.3, 0.4) is 0 Å². The van der Waals surface area contributed by atoms with Gasteiger partial charge in [-0.25, -0.2) is 9.37 Å². The van der Waals surface area contributed by atoms with Gasteiger partial charge in [0.1, 0.15) is 11.6 Å². The van der Waals surface area contributed by atoms with Crippen LogP contribution in [0.1, 0.15) is 18.1 Å². The first-order chi connectivity index (χ1) is 9.29. The molecule has 0 bridgehead atoms. The Bertz CT molecular complexity index is 514. The highest BCUT2D eigenvalue weighted by Gasteiger charge is 2.01. The van der Waals surface area contributed by atoms with E-state index in [-0.39, 0.29) is 12.4 Å². The van der Waals surface area contributed by atoms with Gasteiger partial charge in [-0.15, -0.1) is 0 Å². The highest BCUT2D eigenvalue weighted by Crippen LogP contribution is 2.10. The lowest BCUT2D eigenvalue weighted by Gasteiger charge is -2.06. The molecule has 0 spiro atoms. The number of benzene rings is 1. The second-order valence-corrected chi connectivity index (χ2v) is 4.17. The molecule has 19 heavy (non-hydrogen) atoms. The molecule has 3 nitrogen and oxygen atoms in total. The molecule has 2 aromatic rings. The van der Waals surface area contributed by atoms with Crippen LogP contribution < -0.4 is 5.32 Å². The van der Waals surface area contributed by atoms with Gasteiger partial charge in [0.15, 0.2) is 0 Å². The fourth-order valence-electron chi connectivity index (χ4n) is 1.69. The molecule has 1 heterocycles. The second kappa shape index (κ2) is 6.85. The van der Waals surface area contributed by atoms with Crippen LogP contribution in [0.5, 0.6) is 0 Å². The number of nitrogens with one attached hydrogen (secondary N) is 1. The van der Waals surface area contributed by atoms with Crippen molar-refractivity contribution in [2.45, 2.75) is 20.1 Å². The van der Waals surface area contributed by atoms with Gasteiger partial charge in [0.05, 0.1) is 13.2 Å². The second-order valence-electron chi connectivity index (χ2n) is 4.17. The van der Waals surface area contributed by atoms with Crippen molar-refractivity contribution in [2.75, 3.05) is 11.9 Å². The van der Waals surface area contributed by atoms with Crippen molar-refractivity contribution < 1.29 is 9.13 Å². The van der Waals surface area contributed by atoms with Gasteiger partial charge in [0.25, 0.3) is 0 Å². The summed E-state index contributed by atoms with van der Waals surface area (Å²) in [7, 11) is 0. The zero-order valence-electron chi connectivity index (χ0n) is 10.9. The lowest BCUT2D eigenvalue weighted by molar-refractivity contribution is 0.104. The predicted octanol–water partition coefficient (Wildman–Crippen LogP) is 3.37. The summed E-state index contributed by atoms with van der Waals surface area (Å²) in [5.74, 6) is 0.614. The highest BCUT2D eigenvalue weighted by atomic mass is 19.1. The van der Waals surface area contributed by atoms with Gasteiger partial charge < -0.3 is 10.1 Å². The number of halogens is 1. The molecule has 0 radical (unpaired) electrons. The van der Waals surface area contributed by atoms with Crippen LogP contribution in [0.2, 0.25) is 0 Å². The van der Waals surface area contributed by atoms with Gasteiger partial charge >= 0.3 is 0 Å². The molecule has 0 unspecified atom stereocenters. The lowest BCUT2D eigenvalue weighted by atomic mass is 10.2. The maximum absolute atomic E-state index is 13.4. The van der Waals surface area contributed by atoms with Crippen LogP contribution >= 0.6 is 0 Å². The predicted molar refractivity (Wildman–Crippen MR) is 73.3 cm³/mol. The molecule has 0 atom stereocenters. The minimum Gasteiger partial charge on any atom is -0.372 e. The van der Waals surface area contributed by atoms with E-state index in [1.165, 1.54) is 6.07 Å². The minimum absolute atomic E-state index is 0.233. The molecular weight excluding hydrogens is 243 g/mol. The smallest absolute Gasteiger partial charge is 0.128 e. The van der Waals surface area contributed by atoms with Crippen molar-refractivity contribution in [3.63, 3.8) is 0 Å². The first-order valence-corrected chi connectivity index (χ1v) is 6.29. The number of aromatic nitrogens is 1. The third-order valence-corrected chi connectivity index (χ3v) is 2.67. The maximum Gasteiger partial charge on any atom is 0.128 e. The molecular formula is C15H17FN2O. The molecule has 0 amide bonds. The normalized spacial score (nSPS) is 10.4. The Morgan fingerprint density at radius 2 is 2.00 bits per heavy atom. The molecule has 2 rings (SSSR count). The average molecular weight is 260 g/mol. The number of ether oxygens (including phenoxy) is 1. The SMILES string of the molecule is CCNc1ccc(COCc2ccccc2F)cn1. The number of hydrogen-bond donors (Lipinski definition) is 1. The Hall–Kier alpha value is -1.94. The molecule has 1 aromatic carbocycles. The molecule has 0 aliphatic carbocycles. The average Bonchev–Trinajstić information content (AvgIpc) is 2.43. The van der Waals surface area contributed by atoms with E-state index in [2.05, 4.69) is 10.3 Å². The lowest BCUT2D eigenvalue weighted by Crippen LogP contribution is -2.00. The van der Waals surface area contributed by atoms with E-state index < -0.39 is 0 Å². The fraction of sp³-hybridized carbons (Fsp3) is 0.267. The first kappa shape index (κ1) is 13.5. The van der Waals surface area contributed by atoms with E-state index >= 15 is 0 Å². The molecule has 4 heteroatoms. The van der Waals surface area contributed by atoms with Crippen molar-refractivity contribution in [1.29, 1.82) is 0 Å². The molecule has 100 valence electrons. The van der Waals surface area contributed by atoms with Gasteiger partial charge in [0.2, 0.25) is 0 Å². The van der Waals surface area contributed by atoms with Gasteiger partial charge in [-0.1, -0.05) is 24.3 Å². The largest absolute Gasteiger partial charge is 0.372 e. The van der Waals surface area contributed by atoms with E-state index in [4.69, 9.17) is 4.74 Å². The monoisotopic (exact) mass is 260 g/mol. The minimum atomic E-state index is -0.233. The van der Waals surface area contributed by atoms with Crippen LogP contribution in [-0.2, 0) is 18.0 Å². The first-order valence-electron chi connectivity index (χ1n) is 6.29. The van der Waals surface area contributed by atoms with E-state index in [1.807, 2.05) is 19.1 Å². The summed E-state index contributed by atoms with van der Waals surface area (Å²) in [6, 6.07) is 10.5. The van der Waals surface area contributed by atoms with E-state index in [1.54, 1.807) is 24.4 Å². The fourth-order valence-corrected chi connectivity index (χ4v) is 1.69. The Labute approximate surface area is 112 Å². The van der Waals surface area contributed by atoms with Crippen molar-refractivity contribution in [3.05, 3.63) is 59.5 Å². The zero-order chi connectivity index (χ0) is 13.5. The summed E-state index contributed by atoms with van der Waals surface area (Å²) in [6.45, 7) is 3.55. The number of anilines is 1. The summed E-state index contributed by atoms with van der Waals surface area (Å²) in [6.07, 6.45) is 1.76. The van der Waals surface area contributed by atoms with Crippen LogP contribution in [0.4, 0.5) is 10.2 Å². The van der Waals surface area contributed by atoms with Gasteiger partial charge in [0, 0.05) is 18.3 Å². The Morgan fingerprint density at radius 3 is 2.68 bits per heavy atom. The van der Waals surface area contributed by atoms with Crippen molar-refractivity contribution in [2.24, 2.45) is 0 Å². The van der Waals surface area contributed by atoms with E-state index in [9.17, 15) is 4.39 Å². The standard InChI is InChI=1S/C15H17FN2O/c1-2-17-15-8-7-12(9-18-15)10-19-11-13-5-3-4-6-14(13)16/h3-9H,2,10-11H2,1H3,(H,17,18). The summed E-state index contributed by atoms with van der Waals surface area (Å²) < 4.78 is 18.8. The highest BCUT2D eigenvalue weighted by molar-refractivity contribution is 5.35. The van der Waals surface area contributed by atoms with Crippen LogP contribution in [0, 0.1) is 5.82 Å². The number of pyridine rings is 1. The number of hydrogen-bond acceptors (Lipinski definition) is 3. The quantitative estimate of drug-likeness (QED) is 0.864. The Kier molecular flexibility index (Phi) is 4.86. The maximum atomic E-state index is 13.4. The molecule has 0 aliphatic rings. The van der Waals surface area contributed by atoms with Gasteiger partial charge in [-0.05, 0) is 24.6 Å². The number of rotatable bonds is 6. The van der Waals surface area contributed by atoms with Crippen LogP contribution in [0.15, 0.2) is 42.6 Å². The number of nitrogens with zero attached hydrogens (tertiary/aromatic N) is 1. The van der Waals surface area contributed by atoms with Gasteiger partial charge in [-0.2, -0.15) is 0 Å². The molecule has 0 saturated heterocycles. The summed E-state index contributed by atoms with van der Waals surface area (Å²) in [4.78, 5) is 4.25. The Balaban J connectivity index is 1.84. The van der Waals surface area contributed by atoms with E-state index in [0.29, 0.717) is 12.2 Å². The third kappa shape index (κ3) is 4.03. The molecule has 0 fully saturated rings. The summed E-state index contributed by atoms with van der Waals surface area (Å²) in [5, 5.41) is 3.12. The third-order valence-electron chi connectivity index (χ3n) is 2.67. The van der Waals surface area contributed by atoms with Gasteiger partial charge in [-0.3, -0.25) is 0 Å². The van der Waals surface area contributed by atoms with Crippen molar-refractivity contribution >= 4 is 5.82 Å². The zero-order valence-corrected chi connectivity index (χ0v) is 10.9. The van der Waals surface area contributed by atoms with Crippen molar-refractivity contribution in [3.8, 4) is 0 Å². The topological polar surface area (TPSA) is 34.1 Å². The van der Waals surface area contributed by atoms with Crippen molar-refractivity contribution in [1.82, 2.24) is 4.98 Å². The summed E-state index contributed by atoms with van der Waals surface area (Å²) >= 11 is 0. The Morgan fingerprint density at radius 1 is 1.16 bits per heavy atom. The van der Waals surface area contributed by atoms with Crippen LogP contribution in [-0.4, -0.2) is 11.5 Å². The molecule has 1 aromatic heterocycles. The molecule has 1 N–H and O–H groups in total. The summed E-state index contributed by atoms with van der Waals surface area (Å²) in [5.41, 5.74) is 1.54.